The molecule has 0 unspecified atom stereocenters. The maximum Gasteiger partial charge on any atom is 0.309 e. The van der Waals surface area contributed by atoms with Crippen LogP contribution in [0, 0.1) is 16.7 Å². The Labute approximate surface area is 143 Å². The van der Waals surface area contributed by atoms with E-state index in [1.165, 1.54) is 0 Å². The molecule has 0 saturated carbocycles. The molecule has 0 aliphatic rings. The minimum Gasteiger partial charge on any atom is -0.493 e. The number of nitriles is 1. The standard InChI is InChI=1S/C18H26N2O4/c1-18(2,17(21)22)8-10-20-13-14-6-7-15(23-3)16(12-14)24-11-5-4-9-19/h6-7,12,20H,4-5,8,10-11,13H2,1-3H3,(H,21,22). The van der Waals surface area contributed by atoms with Gasteiger partial charge in [-0.3, -0.25) is 4.79 Å². The van der Waals surface area contributed by atoms with E-state index in [0.29, 0.717) is 50.5 Å². The molecule has 6 heteroatoms. The molecule has 0 bridgehead atoms. The number of aliphatic carboxylic acids is 1. The summed E-state index contributed by atoms with van der Waals surface area (Å²) in [6.45, 7) is 5.14. The maximum absolute atomic E-state index is 11.1. The lowest BCUT2D eigenvalue weighted by Gasteiger charge is -2.19. The van der Waals surface area contributed by atoms with E-state index < -0.39 is 11.4 Å². The van der Waals surface area contributed by atoms with Gasteiger partial charge >= 0.3 is 5.97 Å². The first-order valence-corrected chi connectivity index (χ1v) is 8.01. The molecule has 1 rings (SSSR count). The van der Waals surface area contributed by atoms with Crippen LogP contribution in [0.2, 0.25) is 0 Å². The van der Waals surface area contributed by atoms with Crippen LogP contribution in [-0.2, 0) is 11.3 Å². The van der Waals surface area contributed by atoms with Gasteiger partial charge in [0.15, 0.2) is 11.5 Å². The summed E-state index contributed by atoms with van der Waals surface area (Å²) in [5.41, 5.74) is 0.293. The Morgan fingerprint density at radius 1 is 1.38 bits per heavy atom. The second-order valence-corrected chi connectivity index (χ2v) is 6.21. The fourth-order valence-corrected chi connectivity index (χ4v) is 2.02. The molecular weight excluding hydrogens is 308 g/mol. The van der Waals surface area contributed by atoms with Crippen molar-refractivity contribution in [3.63, 3.8) is 0 Å². The van der Waals surface area contributed by atoms with Crippen LogP contribution in [0.15, 0.2) is 18.2 Å². The number of unbranched alkanes of at least 4 members (excludes halogenated alkanes) is 1. The fraction of sp³-hybridized carbons (Fsp3) is 0.556. The van der Waals surface area contributed by atoms with Crippen molar-refractivity contribution in [2.45, 2.75) is 39.7 Å². The Morgan fingerprint density at radius 3 is 2.75 bits per heavy atom. The zero-order valence-electron chi connectivity index (χ0n) is 14.6. The number of carboxylic acid groups (broad SMARTS) is 1. The molecule has 1 aromatic rings. The predicted molar refractivity (Wildman–Crippen MR) is 91.1 cm³/mol. The first-order chi connectivity index (χ1) is 11.4. The van der Waals surface area contributed by atoms with Gasteiger partial charge in [-0.2, -0.15) is 5.26 Å². The first kappa shape index (κ1) is 19.8. The fourth-order valence-electron chi connectivity index (χ4n) is 2.02. The lowest BCUT2D eigenvalue weighted by Crippen LogP contribution is -2.28. The second-order valence-electron chi connectivity index (χ2n) is 6.21. The molecule has 132 valence electrons. The second kappa shape index (κ2) is 9.78. The Bertz CT molecular complexity index is 579. The molecule has 0 aliphatic carbocycles. The van der Waals surface area contributed by atoms with Gasteiger partial charge in [0.1, 0.15) is 0 Å². The summed E-state index contributed by atoms with van der Waals surface area (Å²) >= 11 is 0. The molecule has 0 spiro atoms. The third kappa shape index (κ3) is 6.47. The number of hydrogen-bond acceptors (Lipinski definition) is 5. The van der Waals surface area contributed by atoms with Crippen molar-refractivity contribution >= 4 is 5.97 Å². The van der Waals surface area contributed by atoms with Crippen molar-refractivity contribution in [2.75, 3.05) is 20.3 Å². The molecule has 1 aromatic carbocycles. The van der Waals surface area contributed by atoms with E-state index in [4.69, 9.17) is 19.8 Å². The minimum atomic E-state index is -0.790. The van der Waals surface area contributed by atoms with Gasteiger partial charge < -0.3 is 19.9 Å². The third-order valence-corrected chi connectivity index (χ3v) is 3.75. The predicted octanol–water partition coefficient (Wildman–Crippen LogP) is 2.97. The summed E-state index contributed by atoms with van der Waals surface area (Å²) in [6, 6.07) is 7.77. The summed E-state index contributed by atoms with van der Waals surface area (Å²) in [5.74, 6) is 0.519. The van der Waals surface area contributed by atoms with Gasteiger partial charge in [-0.05, 0) is 50.9 Å². The lowest BCUT2D eigenvalue weighted by atomic mass is 9.90. The summed E-state index contributed by atoms with van der Waals surface area (Å²) in [5, 5.41) is 20.9. The summed E-state index contributed by atoms with van der Waals surface area (Å²) in [4.78, 5) is 11.1. The first-order valence-electron chi connectivity index (χ1n) is 8.01. The van der Waals surface area contributed by atoms with Crippen molar-refractivity contribution < 1.29 is 19.4 Å². The van der Waals surface area contributed by atoms with Crippen molar-refractivity contribution in [3.05, 3.63) is 23.8 Å². The molecule has 6 nitrogen and oxygen atoms in total. The van der Waals surface area contributed by atoms with E-state index in [9.17, 15) is 4.79 Å². The van der Waals surface area contributed by atoms with Crippen LogP contribution in [-0.4, -0.2) is 31.3 Å². The van der Waals surface area contributed by atoms with E-state index >= 15 is 0 Å². The molecule has 0 atom stereocenters. The molecule has 0 saturated heterocycles. The lowest BCUT2D eigenvalue weighted by molar-refractivity contribution is -0.147. The molecule has 2 N–H and O–H groups in total. The minimum absolute atomic E-state index is 0.461. The van der Waals surface area contributed by atoms with Gasteiger partial charge in [-0.25, -0.2) is 0 Å². The van der Waals surface area contributed by atoms with E-state index in [0.717, 1.165) is 5.56 Å². The van der Waals surface area contributed by atoms with Crippen molar-refractivity contribution in [2.24, 2.45) is 5.41 Å². The Balaban J connectivity index is 2.53. The zero-order valence-corrected chi connectivity index (χ0v) is 14.6. The summed E-state index contributed by atoms with van der Waals surface area (Å²) in [7, 11) is 1.59. The largest absolute Gasteiger partial charge is 0.493 e. The number of nitrogens with one attached hydrogen (secondary N) is 1. The van der Waals surface area contributed by atoms with Crippen LogP contribution in [0.25, 0.3) is 0 Å². The normalized spacial score (nSPS) is 10.9. The summed E-state index contributed by atoms with van der Waals surface area (Å²) < 4.78 is 11.0. The Kier molecular flexibility index (Phi) is 8.07. The third-order valence-electron chi connectivity index (χ3n) is 3.75. The number of carboxylic acids is 1. The molecule has 0 aromatic heterocycles. The van der Waals surface area contributed by atoms with Crippen LogP contribution >= 0.6 is 0 Å². The molecule has 0 amide bonds. The highest BCUT2D eigenvalue weighted by atomic mass is 16.5. The van der Waals surface area contributed by atoms with Crippen LogP contribution < -0.4 is 14.8 Å². The van der Waals surface area contributed by atoms with Gasteiger partial charge in [0, 0.05) is 13.0 Å². The highest BCUT2D eigenvalue weighted by molar-refractivity contribution is 5.73. The Hall–Kier alpha value is -2.26. The van der Waals surface area contributed by atoms with Crippen LogP contribution in [0.3, 0.4) is 0 Å². The number of benzene rings is 1. The molecule has 0 radical (unpaired) electrons. The quantitative estimate of drug-likeness (QED) is 0.605. The molecule has 0 fully saturated rings. The summed E-state index contributed by atoms with van der Waals surface area (Å²) in [6.07, 6.45) is 1.69. The number of carbonyl (C=O) groups is 1. The van der Waals surface area contributed by atoms with Crippen LogP contribution in [0.4, 0.5) is 0 Å². The molecular formula is C18H26N2O4. The molecule has 24 heavy (non-hydrogen) atoms. The SMILES string of the molecule is COc1ccc(CNCCC(C)(C)C(=O)O)cc1OCCCC#N. The number of ether oxygens (including phenoxy) is 2. The number of rotatable bonds is 11. The van der Waals surface area contributed by atoms with Gasteiger partial charge in [0.05, 0.1) is 25.2 Å². The topological polar surface area (TPSA) is 91.6 Å². The highest BCUT2D eigenvalue weighted by Gasteiger charge is 2.26. The van der Waals surface area contributed by atoms with Crippen LogP contribution in [0.1, 0.15) is 38.7 Å². The van der Waals surface area contributed by atoms with E-state index in [1.807, 2.05) is 18.2 Å². The number of methoxy groups -OCH3 is 1. The average Bonchev–Trinajstić information content (AvgIpc) is 2.55. The number of hydrogen-bond donors (Lipinski definition) is 2. The van der Waals surface area contributed by atoms with Gasteiger partial charge in [-0.1, -0.05) is 6.07 Å². The zero-order chi connectivity index (χ0) is 18.0. The van der Waals surface area contributed by atoms with E-state index in [1.54, 1.807) is 21.0 Å². The van der Waals surface area contributed by atoms with Gasteiger partial charge in [0.25, 0.3) is 0 Å². The van der Waals surface area contributed by atoms with Crippen LogP contribution in [0.5, 0.6) is 11.5 Å². The average molecular weight is 334 g/mol. The van der Waals surface area contributed by atoms with Crippen molar-refractivity contribution in [1.29, 1.82) is 5.26 Å². The molecule has 0 aliphatic heterocycles. The smallest absolute Gasteiger partial charge is 0.309 e. The van der Waals surface area contributed by atoms with E-state index in [2.05, 4.69) is 11.4 Å². The maximum atomic E-state index is 11.1. The van der Waals surface area contributed by atoms with Crippen molar-refractivity contribution in [1.82, 2.24) is 5.32 Å². The monoisotopic (exact) mass is 334 g/mol. The van der Waals surface area contributed by atoms with Gasteiger partial charge in [0.2, 0.25) is 0 Å². The molecule has 0 heterocycles. The van der Waals surface area contributed by atoms with E-state index in [-0.39, 0.29) is 0 Å². The highest BCUT2D eigenvalue weighted by Crippen LogP contribution is 2.28. The van der Waals surface area contributed by atoms with Gasteiger partial charge in [-0.15, -0.1) is 0 Å². The number of nitrogens with zero attached hydrogens (tertiary/aromatic N) is 1. The van der Waals surface area contributed by atoms with Crippen molar-refractivity contribution in [3.8, 4) is 17.6 Å². The Morgan fingerprint density at radius 2 is 2.12 bits per heavy atom.